The quantitative estimate of drug-likeness (QED) is 0.103. The number of allylic oxidation sites excluding steroid dienone is 3. The molecule has 4 aromatic rings. The van der Waals surface area contributed by atoms with Gasteiger partial charge >= 0.3 is 251 Å². The summed E-state index contributed by atoms with van der Waals surface area (Å²) in [6, 6.07) is 43.6. The molecule has 0 bridgehead atoms. The number of benzene rings is 4. The van der Waals surface area contributed by atoms with Gasteiger partial charge in [-0.1, -0.05) is 0 Å². The van der Waals surface area contributed by atoms with Crippen LogP contribution in [0.25, 0.3) is 0 Å². The van der Waals surface area contributed by atoms with Gasteiger partial charge in [-0.15, -0.1) is 0 Å². The molecule has 0 saturated heterocycles. The summed E-state index contributed by atoms with van der Waals surface area (Å²) in [6.07, 6.45) is 5.76. The van der Waals surface area contributed by atoms with Crippen LogP contribution in [0.4, 0.5) is 4.79 Å². The normalized spacial score (nSPS) is 13.0. The van der Waals surface area contributed by atoms with E-state index < -0.39 is 18.4 Å². The Kier molecular flexibility index (Phi) is 10.6. The van der Waals surface area contributed by atoms with E-state index in [0.29, 0.717) is 5.76 Å². The summed E-state index contributed by atoms with van der Waals surface area (Å²) in [5, 5.41) is 0. The molecule has 1 amide bonds. The minimum absolute atomic E-state index is 0.0109. The van der Waals surface area contributed by atoms with Gasteiger partial charge in [-0.3, -0.25) is 0 Å². The molecule has 4 rings (SSSR count). The van der Waals surface area contributed by atoms with Crippen LogP contribution in [0.2, 0.25) is 0 Å². The Morgan fingerprint density at radius 3 is 1.41 bits per heavy atom. The molecule has 3 nitrogen and oxygen atoms in total. The number of hydrogen-bond acceptors (Lipinski definition) is 2. The molecule has 4 heteroatoms. The molecule has 4 aromatic carbocycles. The molecule has 0 aromatic heterocycles. The Labute approximate surface area is 250 Å². The van der Waals surface area contributed by atoms with E-state index in [1.807, 2.05) is 46.8 Å². The van der Waals surface area contributed by atoms with Crippen molar-refractivity contribution in [3.63, 3.8) is 0 Å². The zero-order valence-electron chi connectivity index (χ0n) is 24.8. The van der Waals surface area contributed by atoms with Crippen LogP contribution >= 0.6 is 0 Å². The van der Waals surface area contributed by atoms with Crippen LogP contribution in [0.3, 0.4) is 0 Å². The summed E-state index contributed by atoms with van der Waals surface area (Å²) in [5.41, 5.74) is 1.21. The maximum absolute atomic E-state index is 13.5. The third-order valence-electron chi connectivity index (χ3n) is 7.50. The van der Waals surface area contributed by atoms with E-state index in [0.717, 1.165) is 0 Å². The average Bonchev–Trinajstić information content (AvgIpc) is 2.99. The molecule has 0 unspecified atom stereocenters. The van der Waals surface area contributed by atoms with Crippen LogP contribution in [-0.4, -0.2) is 41.5 Å². The zero-order chi connectivity index (χ0) is 29.2. The topological polar surface area (TPSA) is 29.5 Å². The standard InChI is InChI=1S/C19H26NO2.3C6H5.Sn/c1-6-10-18(14-13-17-11-8-7-9-12-17)22-19(21)20(15(2)3)16(4)5;3*1-2-4-6-5-3-1;/h6-16H,1-5H3;3*1-5H;/b10-6+,18-14-;;;;. The second-order valence-corrected chi connectivity index (χ2v) is 22.2. The second kappa shape index (κ2) is 14.4. The van der Waals surface area contributed by atoms with Gasteiger partial charge in [-0.05, 0) is 0 Å². The number of carbonyl (C=O) groups is 1. The van der Waals surface area contributed by atoms with E-state index in [1.165, 1.54) is 16.3 Å². The van der Waals surface area contributed by atoms with Crippen LogP contribution in [0, 0.1) is 0 Å². The van der Waals surface area contributed by atoms with Crippen LogP contribution in [-0.2, 0) is 4.74 Å². The fraction of sp³-hybridized carbons (Fsp3) is 0.216. The van der Waals surface area contributed by atoms with Crippen molar-refractivity contribution in [2.24, 2.45) is 0 Å². The molecular weight excluding hydrogens is 609 g/mol. The fourth-order valence-corrected chi connectivity index (χ4v) is 21.1. The molecule has 0 aliphatic rings. The van der Waals surface area contributed by atoms with Gasteiger partial charge in [0.25, 0.3) is 0 Å². The van der Waals surface area contributed by atoms with E-state index in [4.69, 9.17) is 4.74 Å². The van der Waals surface area contributed by atoms with Gasteiger partial charge in [0, 0.05) is 0 Å². The number of nitrogens with zero attached hydrogens (tertiary/aromatic N) is 1. The van der Waals surface area contributed by atoms with Crippen molar-refractivity contribution in [1.29, 1.82) is 0 Å². The summed E-state index contributed by atoms with van der Waals surface area (Å²) in [6.45, 7) is 10.1. The number of hydrogen-bond donors (Lipinski definition) is 0. The molecular formula is C37H41NO2Sn. The third-order valence-corrected chi connectivity index (χ3v) is 22.2. The van der Waals surface area contributed by atoms with Crippen molar-refractivity contribution in [2.75, 3.05) is 0 Å². The molecule has 41 heavy (non-hydrogen) atoms. The molecule has 0 heterocycles. The first-order valence-corrected chi connectivity index (χ1v) is 20.4. The number of carbonyl (C=O) groups excluding carboxylic acids is 1. The van der Waals surface area contributed by atoms with Gasteiger partial charge in [0.1, 0.15) is 0 Å². The molecule has 0 radical (unpaired) electrons. The molecule has 0 N–H and O–H groups in total. The molecule has 0 aliphatic carbocycles. The van der Waals surface area contributed by atoms with Crippen molar-refractivity contribution >= 4 is 35.2 Å². The molecule has 1 atom stereocenters. The van der Waals surface area contributed by atoms with Crippen molar-refractivity contribution < 1.29 is 9.53 Å². The Morgan fingerprint density at radius 2 is 1.05 bits per heavy atom. The van der Waals surface area contributed by atoms with Crippen molar-refractivity contribution in [3.8, 4) is 0 Å². The van der Waals surface area contributed by atoms with Gasteiger partial charge in [-0.2, -0.15) is 0 Å². The third kappa shape index (κ3) is 6.84. The monoisotopic (exact) mass is 651 g/mol. The second-order valence-electron chi connectivity index (χ2n) is 10.8. The van der Waals surface area contributed by atoms with Crippen molar-refractivity contribution in [2.45, 2.75) is 50.6 Å². The summed E-state index contributed by atoms with van der Waals surface area (Å²) >= 11 is -3.95. The van der Waals surface area contributed by atoms with Gasteiger partial charge in [0.15, 0.2) is 0 Å². The van der Waals surface area contributed by atoms with Gasteiger partial charge in [0.2, 0.25) is 0 Å². The fourth-order valence-electron chi connectivity index (χ4n) is 5.90. The number of rotatable bonds is 10. The van der Waals surface area contributed by atoms with Crippen LogP contribution in [0.15, 0.2) is 145 Å². The predicted molar refractivity (Wildman–Crippen MR) is 175 cm³/mol. The van der Waals surface area contributed by atoms with E-state index in [1.54, 1.807) is 4.90 Å². The Morgan fingerprint density at radius 1 is 0.659 bits per heavy atom. The molecule has 0 saturated carbocycles. The SMILES string of the molecule is C/C=C/C(=C/[C@@H](c1ccccc1)[Sn]([c]1ccccc1)([c]1ccccc1)[c]1ccccc1)OC(=O)N(C(C)C)C(C)C. The maximum atomic E-state index is 13.5. The molecule has 0 aliphatic heterocycles. The van der Waals surface area contributed by atoms with E-state index in [9.17, 15) is 4.79 Å². The van der Waals surface area contributed by atoms with Gasteiger partial charge in [-0.25, -0.2) is 0 Å². The summed E-state index contributed by atoms with van der Waals surface area (Å²) in [7, 11) is 0. The van der Waals surface area contributed by atoms with Gasteiger partial charge < -0.3 is 0 Å². The number of amides is 1. The van der Waals surface area contributed by atoms with Crippen molar-refractivity contribution in [1.82, 2.24) is 4.90 Å². The first-order chi connectivity index (χ1) is 19.9. The van der Waals surface area contributed by atoms with Crippen LogP contribution < -0.4 is 10.7 Å². The zero-order valence-corrected chi connectivity index (χ0v) is 27.6. The van der Waals surface area contributed by atoms with E-state index in [2.05, 4.69) is 127 Å². The summed E-state index contributed by atoms with van der Waals surface area (Å²) in [4.78, 5) is 15.3. The Balaban J connectivity index is 2.05. The molecule has 210 valence electrons. The first-order valence-electron chi connectivity index (χ1n) is 14.5. The Bertz CT molecular complexity index is 1330. The van der Waals surface area contributed by atoms with Gasteiger partial charge in [0.05, 0.1) is 0 Å². The Hall–Kier alpha value is -3.57. The predicted octanol–water partition coefficient (Wildman–Crippen LogP) is 7.20. The molecule has 0 fully saturated rings. The van der Waals surface area contributed by atoms with Crippen LogP contribution in [0.5, 0.6) is 0 Å². The average molecular weight is 650 g/mol. The van der Waals surface area contributed by atoms with Crippen molar-refractivity contribution in [3.05, 3.63) is 151 Å². The number of ether oxygens (including phenoxy) is 1. The minimum atomic E-state index is -3.95. The van der Waals surface area contributed by atoms with E-state index >= 15 is 0 Å². The van der Waals surface area contributed by atoms with Crippen LogP contribution in [0.1, 0.15) is 44.1 Å². The summed E-state index contributed by atoms with van der Waals surface area (Å²) in [5.74, 6) is 0.571. The van der Waals surface area contributed by atoms with E-state index in [-0.39, 0.29) is 22.1 Å². The first kappa shape index (κ1) is 30.4. The molecule has 0 spiro atoms. The summed E-state index contributed by atoms with van der Waals surface area (Å²) < 4.78 is 10.3.